The van der Waals surface area contributed by atoms with E-state index in [9.17, 15) is 4.79 Å². The van der Waals surface area contributed by atoms with Crippen molar-refractivity contribution in [1.29, 1.82) is 0 Å². The van der Waals surface area contributed by atoms with Crippen LogP contribution >= 0.6 is 27.3 Å². The van der Waals surface area contributed by atoms with E-state index in [0.717, 1.165) is 22.9 Å². The number of hydrogen-bond acceptors (Lipinski definition) is 2. The zero-order chi connectivity index (χ0) is 14.2. The highest BCUT2D eigenvalue weighted by Crippen LogP contribution is 2.48. The van der Waals surface area contributed by atoms with Gasteiger partial charge in [0.1, 0.15) is 0 Å². The number of carbonyl (C=O) groups is 1. The summed E-state index contributed by atoms with van der Waals surface area (Å²) in [4.78, 5) is 13.7. The van der Waals surface area contributed by atoms with Crippen molar-refractivity contribution in [3.05, 3.63) is 56.2 Å². The van der Waals surface area contributed by atoms with E-state index in [0.29, 0.717) is 6.54 Å². The lowest BCUT2D eigenvalue weighted by molar-refractivity contribution is -0.123. The fourth-order valence-electron chi connectivity index (χ4n) is 2.46. The summed E-state index contributed by atoms with van der Waals surface area (Å²) in [7, 11) is 0. The van der Waals surface area contributed by atoms with Gasteiger partial charge in [-0.1, -0.05) is 28.1 Å². The molecule has 0 atom stereocenters. The Labute approximate surface area is 131 Å². The molecule has 0 radical (unpaired) electrons. The third kappa shape index (κ3) is 2.54. The van der Waals surface area contributed by atoms with E-state index in [1.165, 1.54) is 10.4 Å². The van der Waals surface area contributed by atoms with Crippen LogP contribution in [0, 0.1) is 6.92 Å². The molecule has 1 aliphatic rings. The summed E-state index contributed by atoms with van der Waals surface area (Å²) in [6.07, 6.45) is 1.90. The maximum Gasteiger partial charge on any atom is 0.230 e. The van der Waals surface area contributed by atoms with Gasteiger partial charge in [0.15, 0.2) is 0 Å². The molecule has 1 fully saturated rings. The van der Waals surface area contributed by atoms with Crippen LogP contribution in [-0.2, 0) is 16.8 Å². The van der Waals surface area contributed by atoms with Crippen molar-refractivity contribution >= 4 is 33.2 Å². The van der Waals surface area contributed by atoms with Gasteiger partial charge in [0.05, 0.1) is 12.0 Å². The second kappa shape index (κ2) is 5.34. The van der Waals surface area contributed by atoms with Crippen LogP contribution in [0.1, 0.15) is 28.8 Å². The Bertz CT molecular complexity index is 628. The summed E-state index contributed by atoms with van der Waals surface area (Å²) in [5, 5.41) is 5.17. The van der Waals surface area contributed by atoms with E-state index in [2.05, 4.69) is 39.6 Å². The SMILES string of the molecule is Cc1ccsc1CNC(=O)C1(c2ccc(Br)cc2)CC1. The highest BCUT2D eigenvalue weighted by atomic mass is 79.9. The average molecular weight is 350 g/mol. The molecule has 1 aromatic heterocycles. The summed E-state index contributed by atoms with van der Waals surface area (Å²) in [5.74, 6) is 0.160. The van der Waals surface area contributed by atoms with Crippen LogP contribution < -0.4 is 5.32 Å². The molecular weight excluding hydrogens is 334 g/mol. The van der Waals surface area contributed by atoms with E-state index >= 15 is 0 Å². The minimum Gasteiger partial charge on any atom is -0.350 e. The van der Waals surface area contributed by atoms with Gasteiger partial charge in [0.25, 0.3) is 0 Å². The first-order valence-electron chi connectivity index (χ1n) is 6.69. The maximum absolute atomic E-state index is 12.5. The predicted molar refractivity (Wildman–Crippen MR) is 86.0 cm³/mol. The minimum absolute atomic E-state index is 0.160. The van der Waals surface area contributed by atoms with E-state index < -0.39 is 0 Å². The molecule has 2 nitrogen and oxygen atoms in total. The highest BCUT2D eigenvalue weighted by Gasteiger charge is 2.51. The number of benzene rings is 1. The fraction of sp³-hybridized carbons (Fsp3) is 0.312. The third-order valence-corrected chi connectivity index (χ3v) is 5.51. The largest absolute Gasteiger partial charge is 0.350 e. The van der Waals surface area contributed by atoms with Gasteiger partial charge < -0.3 is 5.32 Å². The number of carbonyl (C=O) groups excluding carboxylic acids is 1. The van der Waals surface area contributed by atoms with E-state index in [1.807, 2.05) is 24.3 Å². The molecule has 1 saturated carbocycles. The van der Waals surface area contributed by atoms with Crippen LogP contribution in [0.5, 0.6) is 0 Å². The first-order valence-corrected chi connectivity index (χ1v) is 8.36. The molecule has 4 heteroatoms. The predicted octanol–water partition coefficient (Wildman–Crippen LogP) is 4.17. The summed E-state index contributed by atoms with van der Waals surface area (Å²) in [5.41, 5.74) is 2.09. The number of nitrogens with one attached hydrogen (secondary N) is 1. The quantitative estimate of drug-likeness (QED) is 0.881. The summed E-state index contributed by atoms with van der Waals surface area (Å²) < 4.78 is 1.05. The van der Waals surface area contributed by atoms with Gasteiger partial charge in [-0.25, -0.2) is 0 Å². The first kappa shape index (κ1) is 13.8. The van der Waals surface area contributed by atoms with Crippen molar-refractivity contribution in [1.82, 2.24) is 5.32 Å². The fourth-order valence-corrected chi connectivity index (χ4v) is 3.57. The van der Waals surface area contributed by atoms with Crippen molar-refractivity contribution in [2.45, 2.75) is 31.7 Å². The Balaban J connectivity index is 1.70. The van der Waals surface area contributed by atoms with Crippen LogP contribution in [0.4, 0.5) is 0 Å². The zero-order valence-corrected chi connectivity index (χ0v) is 13.7. The van der Waals surface area contributed by atoms with Crippen molar-refractivity contribution in [2.24, 2.45) is 0 Å². The number of halogens is 1. The Morgan fingerprint density at radius 2 is 2.00 bits per heavy atom. The van der Waals surface area contributed by atoms with E-state index in [-0.39, 0.29) is 11.3 Å². The van der Waals surface area contributed by atoms with Crippen LogP contribution in [0.15, 0.2) is 40.2 Å². The van der Waals surface area contributed by atoms with Gasteiger partial charge in [0.2, 0.25) is 5.91 Å². The van der Waals surface area contributed by atoms with Crippen molar-refractivity contribution < 1.29 is 4.79 Å². The molecule has 20 heavy (non-hydrogen) atoms. The Hall–Kier alpha value is -1.13. The number of rotatable bonds is 4. The molecular formula is C16H16BrNOS. The third-order valence-electron chi connectivity index (χ3n) is 3.96. The zero-order valence-electron chi connectivity index (χ0n) is 11.3. The molecule has 1 aliphatic carbocycles. The minimum atomic E-state index is -0.286. The lowest BCUT2D eigenvalue weighted by atomic mass is 9.95. The molecule has 1 heterocycles. The summed E-state index contributed by atoms with van der Waals surface area (Å²) >= 11 is 5.13. The normalized spacial score (nSPS) is 15.9. The van der Waals surface area contributed by atoms with Gasteiger partial charge in [-0.2, -0.15) is 0 Å². The average Bonchev–Trinajstić information content (AvgIpc) is 3.15. The van der Waals surface area contributed by atoms with Crippen molar-refractivity contribution in [3.8, 4) is 0 Å². The monoisotopic (exact) mass is 349 g/mol. The lowest BCUT2D eigenvalue weighted by Crippen LogP contribution is -2.34. The van der Waals surface area contributed by atoms with Gasteiger partial charge in [-0.3, -0.25) is 4.79 Å². The molecule has 1 N–H and O–H groups in total. The number of hydrogen-bond donors (Lipinski definition) is 1. The second-order valence-electron chi connectivity index (χ2n) is 5.30. The van der Waals surface area contributed by atoms with Gasteiger partial charge in [-0.15, -0.1) is 11.3 Å². The molecule has 104 valence electrons. The number of thiophene rings is 1. The molecule has 2 aromatic rings. The smallest absolute Gasteiger partial charge is 0.230 e. The molecule has 1 amide bonds. The first-order chi connectivity index (χ1) is 9.62. The standard InChI is InChI=1S/C16H16BrNOS/c1-11-6-9-20-14(11)10-18-15(19)16(7-8-16)12-2-4-13(17)5-3-12/h2-6,9H,7-8,10H2,1H3,(H,18,19). The van der Waals surface area contributed by atoms with Crippen LogP contribution in [0.2, 0.25) is 0 Å². The molecule has 3 rings (SSSR count). The van der Waals surface area contributed by atoms with Gasteiger partial charge in [-0.05, 0) is 54.5 Å². The van der Waals surface area contributed by atoms with Crippen LogP contribution in [0.3, 0.4) is 0 Å². The second-order valence-corrected chi connectivity index (χ2v) is 7.21. The maximum atomic E-state index is 12.5. The van der Waals surface area contributed by atoms with Crippen molar-refractivity contribution in [2.75, 3.05) is 0 Å². The lowest BCUT2D eigenvalue weighted by Gasteiger charge is -2.15. The van der Waals surface area contributed by atoms with E-state index in [1.54, 1.807) is 11.3 Å². The topological polar surface area (TPSA) is 29.1 Å². The Kier molecular flexibility index (Phi) is 3.69. The number of aryl methyl sites for hydroxylation is 1. The van der Waals surface area contributed by atoms with E-state index in [4.69, 9.17) is 0 Å². The molecule has 1 aromatic carbocycles. The van der Waals surface area contributed by atoms with Crippen molar-refractivity contribution in [3.63, 3.8) is 0 Å². The molecule has 0 bridgehead atoms. The molecule has 0 aliphatic heterocycles. The van der Waals surface area contributed by atoms with Gasteiger partial charge >= 0.3 is 0 Å². The molecule has 0 spiro atoms. The molecule has 0 saturated heterocycles. The summed E-state index contributed by atoms with van der Waals surface area (Å²) in [6.45, 7) is 2.72. The number of amides is 1. The Morgan fingerprint density at radius 3 is 2.55 bits per heavy atom. The van der Waals surface area contributed by atoms with Crippen LogP contribution in [0.25, 0.3) is 0 Å². The molecule has 0 unspecified atom stereocenters. The van der Waals surface area contributed by atoms with Crippen LogP contribution in [-0.4, -0.2) is 5.91 Å². The highest BCUT2D eigenvalue weighted by molar-refractivity contribution is 9.10. The van der Waals surface area contributed by atoms with Gasteiger partial charge in [0, 0.05) is 9.35 Å². The summed E-state index contributed by atoms with van der Waals surface area (Å²) in [6, 6.07) is 10.2. The Morgan fingerprint density at radius 1 is 1.30 bits per heavy atom.